The Hall–Kier alpha value is -1.51. The monoisotopic (exact) mass is 402 g/mol. The van der Waals surface area contributed by atoms with E-state index in [1.54, 1.807) is 12.1 Å². The van der Waals surface area contributed by atoms with Gasteiger partial charge in [0.15, 0.2) is 5.96 Å². The molecule has 0 aromatic heterocycles. The first kappa shape index (κ1) is 20.8. The number of likely N-dealkylation sites (N-methyl/N-ethyl adjacent to an activating group) is 1. The Morgan fingerprint density at radius 2 is 2.12 bits per heavy atom. The number of rotatable bonds is 8. The van der Waals surface area contributed by atoms with E-state index in [0.717, 1.165) is 18.3 Å². The molecule has 146 valence electrons. The summed E-state index contributed by atoms with van der Waals surface area (Å²) in [6.45, 7) is 5.34. The van der Waals surface area contributed by atoms with Gasteiger partial charge in [-0.05, 0) is 37.6 Å². The van der Waals surface area contributed by atoms with E-state index in [-0.39, 0.29) is 5.75 Å². The molecular formula is C17H27ClN4O3S. The van der Waals surface area contributed by atoms with Crippen molar-refractivity contribution < 1.29 is 13.2 Å². The van der Waals surface area contributed by atoms with Crippen molar-refractivity contribution in [1.82, 2.24) is 14.5 Å². The Bertz CT molecular complexity index is 694. The molecular weight excluding hydrogens is 376 g/mol. The lowest BCUT2D eigenvalue weighted by atomic mass is 10.3. The number of benzene rings is 1. The van der Waals surface area contributed by atoms with Crippen molar-refractivity contribution in [3.8, 4) is 5.75 Å². The van der Waals surface area contributed by atoms with Gasteiger partial charge in [0.25, 0.3) is 0 Å². The molecule has 26 heavy (non-hydrogen) atoms. The van der Waals surface area contributed by atoms with Gasteiger partial charge in [0.2, 0.25) is 10.0 Å². The second-order valence-electron chi connectivity index (χ2n) is 6.03. The van der Waals surface area contributed by atoms with E-state index in [9.17, 15) is 8.42 Å². The summed E-state index contributed by atoms with van der Waals surface area (Å²) in [5.74, 6) is 1.76. The van der Waals surface area contributed by atoms with Crippen LogP contribution in [0.4, 0.5) is 0 Å². The summed E-state index contributed by atoms with van der Waals surface area (Å²) in [6.07, 6.45) is 0.702. The van der Waals surface area contributed by atoms with Crippen LogP contribution in [0.2, 0.25) is 5.02 Å². The molecule has 1 N–H and O–H groups in total. The predicted molar refractivity (Wildman–Crippen MR) is 106 cm³/mol. The number of sulfonamides is 1. The smallest absolute Gasteiger partial charge is 0.214 e. The number of nitrogens with one attached hydrogen (secondary N) is 1. The molecule has 0 bridgehead atoms. The Morgan fingerprint density at radius 3 is 2.73 bits per heavy atom. The van der Waals surface area contributed by atoms with Crippen LogP contribution < -0.4 is 10.1 Å². The fraction of sp³-hybridized carbons (Fsp3) is 0.588. The maximum absolute atomic E-state index is 11.8. The molecule has 9 heteroatoms. The second-order valence-corrected chi connectivity index (χ2v) is 8.55. The largest absolute Gasteiger partial charge is 0.492 e. The molecule has 0 radical (unpaired) electrons. The summed E-state index contributed by atoms with van der Waals surface area (Å²) in [5, 5.41) is 3.90. The minimum absolute atomic E-state index is 0.249. The summed E-state index contributed by atoms with van der Waals surface area (Å²) in [4.78, 5) is 6.50. The van der Waals surface area contributed by atoms with E-state index in [2.05, 4.69) is 10.3 Å². The number of ether oxygens (including phenoxy) is 1. The minimum Gasteiger partial charge on any atom is -0.492 e. The van der Waals surface area contributed by atoms with Crippen LogP contribution >= 0.6 is 11.6 Å². The van der Waals surface area contributed by atoms with Crippen molar-refractivity contribution >= 4 is 27.6 Å². The van der Waals surface area contributed by atoms with Crippen LogP contribution in [0.1, 0.15) is 13.3 Å². The molecule has 1 aromatic rings. The zero-order chi connectivity index (χ0) is 19.0. The summed E-state index contributed by atoms with van der Waals surface area (Å²) in [5.41, 5.74) is 0. The van der Waals surface area contributed by atoms with Gasteiger partial charge in [0.1, 0.15) is 12.4 Å². The average molecular weight is 403 g/mol. The van der Waals surface area contributed by atoms with Gasteiger partial charge in [-0.3, -0.25) is 4.99 Å². The quantitative estimate of drug-likeness (QED) is 0.528. The molecule has 1 heterocycles. The van der Waals surface area contributed by atoms with E-state index >= 15 is 0 Å². The van der Waals surface area contributed by atoms with Crippen molar-refractivity contribution in [3.63, 3.8) is 0 Å². The van der Waals surface area contributed by atoms with Crippen molar-refractivity contribution in [3.05, 3.63) is 29.3 Å². The first-order valence-corrected chi connectivity index (χ1v) is 10.8. The van der Waals surface area contributed by atoms with E-state index in [1.165, 1.54) is 4.31 Å². The minimum atomic E-state index is -3.06. The van der Waals surface area contributed by atoms with Crippen LogP contribution in [0.3, 0.4) is 0 Å². The number of halogens is 1. The SMILES string of the molecule is CCNC(=NCCN1CCCS1(=O)=O)N(C)CCOc1ccc(Cl)cc1. The highest BCUT2D eigenvalue weighted by molar-refractivity contribution is 7.89. The number of nitrogens with zero attached hydrogens (tertiary/aromatic N) is 3. The number of hydrogen-bond acceptors (Lipinski definition) is 4. The molecule has 2 rings (SSSR count). The molecule has 1 saturated heterocycles. The van der Waals surface area contributed by atoms with E-state index in [0.29, 0.717) is 44.2 Å². The van der Waals surface area contributed by atoms with Crippen LogP contribution in [0.5, 0.6) is 5.75 Å². The summed E-state index contributed by atoms with van der Waals surface area (Å²) < 4.78 is 30.9. The third kappa shape index (κ3) is 6.34. The van der Waals surface area contributed by atoms with Gasteiger partial charge in [0.05, 0.1) is 18.8 Å². The van der Waals surface area contributed by atoms with Crippen LogP contribution in [-0.4, -0.2) is 75.7 Å². The van der Waals surface area contributed by atoms with Gasteiger partial charge in [-0.2, -0.15) is 0 Å². The van der Waals surface area contributed by atoms with E-state index in [4.69, 9.17) is 16.3 Å². The standard InChI is InChI=1S/C17H27ClN4O3S/c1-3-19-17(20-9-11-22-10-4-14-26(22,23)24)21(2)12-13-25-16-7-5-15(18)6-8-16/h5-8H,3-4,9-14H2,1-2H3,(H,19,20). The second kappa shape index (κ2) is 9.99. The van der Waals surface area contributed by atoms with Crippen molar-refractivity contribution in [2.24, 2.45) is 4.99 Å². The van der Waals surface area contributed by atoms with Crippen molar-refractivity contribution in [2.45, 2.75) is 13.3 Å². The fourth-order valence-electron chi connectivity index (χ4n) is 2.62. The highest BCUT2D eigenvalue weighted by Crippen LogP contribution is 2.15. The summed E-state index contributed by atoms with van der Waals surface area (Å²) in [6, 6.07) is 7.24. The molecule has 0 atom stereocenters. The summed E-state index contributed by atoms with van der Waals surface area (Å²) >= 11 is 5.86. The molecule has 1 aliphatic heterocycles. The van der Waals surface area contributed by atoms with Crippen molar-refractivity contribution in [2.75, 3.05) is 52.1 Å². The first-order chi connectivity index (χ1) is 12.4. The number of hydrogen-bond donors (Lipinski definition) is 1. The maximum Gasteiger partial charge on any atom is 0.214 e. The molecule has 0 aliphatic carbocycles. The van der Waals surface area contributed by atoms with Crippen LogP contribution in [0.25, 0.3) is 0 Å². The van der Waals surface area contributed by atoms with Gasteiger partial charge in [-0.15, -0.1) is 0 Å². The first-order valence-electron chi connectivity index (χ1n) is 8.78. The van der Waals surface area contributed by atoms with Crippen molar-refractivity contribution in [1.29, 1.82) is 0 Å². The van der Waals surface area contributed by atoms with Gasteiger partial charge < -0.3 is 15.0 Å². The zero-order valence-electron chi connectivity index (χ0n) is 15.3. The Kier molecular flexibility index (Phi) is 7.99. The molecule has 0 amide bonds. The number of guanidine groups is 1. The van der Waals surface area contributed by atoms with E-state index < -0.39 is 10.0 Å². The Morgan fingerprint density at radius 1 is 1.38 bits per heavy atom. The van der Waals surface area contributed by atoms with Gasteiger partial charge in [0, 0.05) is 31.7 Å². The predicted octanol–water partition coefficient (Wildman–Crippen LogP) is 1.65. The lowest BCUT2D eigenvalue weighted by Gasteiger charge is -2.22. The maximum atomic E-state index is 11.8. The van der Waals surface area contributed by atoms with Crippen LogP contribution in [-0.2, 0) is 10.0 Å². The molecule has 1 aromatic carbocycles. The third-order valence-electron chi connectivity index (χ3n) is 4.02. The number of aliphatic imine (C=N–C) groups is 1. The van der Waals surface area contributed by atoms with Gasteiger partial charge in [-0.25, -0.2) is 12.7 Å². The molecule has 1 aliphatic rings. The molecule has 0 unspecified atom stereocenters. The molecule has 0 saturated carbocycles. The van der Waals surface area contributed by atoms with Crippen LogP contribution in [0.15, 0.2) is 29.3 Å². The lowest BCUT2D eigenvalue weighted by molar-refractivity contribution is 0.281. The molecule has 0 spiro atoms. The topological polar surface area (TPSA) is 74.2 Å². The van der Waals surface area contributed by atoms with E-state index in [1.807, 2.05) is 31.0 Å². The Balaban J connectivity index is 1.81. The van der Waals surface area contributed by atoms with Crippen LogP contribution in [0, 0.1) is 0 Å². The zero-order valence-corrected chi connectivity index (χ0v) is 16.9. The molecule has 1 fully saturated rings. The summed E-state index contributed by atoms with van der Waals surface area (Å²) in [7, 11) is -1.13. The fourth-order valence-corrected chi connectivity index (χ4v) is 4.26. The van der Waals surface area contributed by atoms with Gasteiger partial charge in [-0.1, -0.05) is 11.6 Å². The lowest BCUT2D eigenvalue weighted by Crippen LogP contribution is -2.41. The Labute approximate surface area is 161 Å². The third-order valence-corrected chi connectivity index (χ3v) is 6.23. The van der Waals surface area contributed by atoms with Gasteiger partial charge >= 0.3 is 0 Å². The highest BCUT2D eigenvalue weighted by Gasteiger charge is 2.27. The normalized spacial score (nSPS) is 17.3. The highest BCUT2D eigenvalue weighted by atomic mass is 35.5. The molecule has 7 nitrogen and oxygen atoms in total. The average Bonchev–Trinajstić information content (AvgIpc) is 2.94.